The molecule has 27 heavy (non-hydrogen) atoms. The highest BCUT2D eigenvalue weighted by Crippen LogP contribution is 2.29. The molecular formula is C22H27N3O2. The minimum atomic E-state index is 0.410. The third kappa shape index (κ3) is 4.14. The van der Waals surface area contributed by atoms with Crippen molar-refractivity contribution in [3.8, 4) is 11.6 Å². The van der Waals surface area contributed by atoms with Crippen LogP contribution in [0, 0.1) is 6.92 Å². The lowest BCUT2D eigenvalue weighted by atomic mass is 9.91. The fraction of sp³-hybridized carbons (Fsp3) is 0.455. The number of hydrogen-bond acceptors (Lipinski definition) is 4. The summed E-state index contributed by atoms with van der Waals surface area (Å²) in [5.41, 5.74) is 4.70. The van der Waals surface area contributed by atoms with Gasteiger partial charge in [-0.25, -0.2) is 4.98 Å². The average Bonchev–Trinajstić information content (AvgIpc) is 2.83. The van der Waals surface area contributed by atoms with Crippen LogP contribution in [0.2, 0.25) is 0 Å². The first kappa shape index (κ1) is 18.0. The van der Waals surface area contributed by atoms with E-state index in [9.17, 15) is 4.79 Å². The average molecular weight is 365 g/mol. The van der Waals surface area contributed by atoms with Crippen molar-refractivity contribution in [2.45, 2.75) is 51.6 Å². The fourth-order valence-corrected chi connectivity index (χ4v) is 3.95. The summed E-state index contributed by atoms with van der Waals surface area (Å²) in [7, 11) is 0. The molecule has 0 spiro atoms. The highest BCUT2D eigenvalue weighted by molar-refractivity contribution is 5.46. The lowest BCUT2D eigenvalue weighted by Gasteiger charge is -2.36. The summed E-state index contributed by atoms with van der Waals surface area (Å²) >= 11 is 0. The molecule has 2 aliphatic rings. The van der Waals surface area contributed by atoms with Gasteiger partial charge in [-0.05, 0) is 61.4 Å². The first-order valence-electron chi connectivity index (χ1n) is 9.90. The Morgan fingerprint density at radius 1 is 1.19 bits per heavy atom. The Hall–Kier alpha value is -2.40. The van der Waals surface area contributed by atoms with Crippen LogP contribution in [-0.4, -0.2) is 35.4 Å². The van der Waals surface area contributed by atoms with E-state index >= 15 is 0 Å². The van der Waals surface area contributed by atoms with Crippen LogP contribution in [0.25, 0.3) is 0 Å². The van der Waals surface area contributed by atoms with Gasteiger partial charge in [-0.2, -0.15) is 0 Å². The van der Waals surface area contributed by atoms with Crippen LogP contribution in [0.4, 0.5) is 0 Å². The molecule has 5 heteroatoms. The molecule has 1 aromatic heterocycles. The van der Waals surface area contributed by atoms with Gasteiger partial charge in [0, 0.05) is 25.2 Å². The quantitative estimate of drug-likeness (QED) is 0.798. The lowest BCUT2D eigenvalue weighted by Crippen LogP contribution is -2.41. The van der Waals surface area contributed by atoms with Crippen LogP contribution >= 0.6 is 0 Å². The predicted octanol–water partition coefficient (Wildman–Crippen LogP) is 3.38. The summed E-state index contributed by atoms with van der Waals surface area (Å²) in [6.07, 6.45) is 7.01. The van der Waals surface area contributed by atoms with Crippen molar-refractivity contribution in [3.63, 3.8) is 0 Å². The zero-order valence-corrected chi connectivity index (χ0v) is 15.9. The highest BCUT2D eigenvalue weighted by atomic mass is 16.5. The topological polar surface area (TPSA) is 54.5 Å². The fourth-order valence-electron chi connectivity index (χ4n) is 3.95. The van der Waals surface area contributed by atoms with E-state index in [0.29, 0.717) is 18.8 Å². The summed E-state index contributed by atoms with van der Waals surface area (Å²) in [5.74, 6) is 1.39. The van der Waals surface area contributed by atoms with E-state index in [2.05, 4.69) is 27.3 Å². The molecule has 0 unspecified atom stereocenters. The summed E-state index contributed by atoms with van der Waals surface area (Å²) in [6, 6.07) is 11.1. The second kappa shape index (κ2) is 8.09. The molecule has 0 radical (unpaired) electrons. The van der Waals surface area contributed by atoms with Crippen molar-refractivity contribution < 1.29 is 9.53 Å². The maximum Gasteiger partial charge on any atom is 0.219 e. The molecule has 1 amide bonds. The third-order valence-electron chi connectivity index (χ3n) is 5.86. The van der Waals surface area contributed by atoms with Crippen LogP contribution in [0.3, 0.4) is 0 Å². The number of pyridine rings is 1. The van der Waals surface area contributed by atoms with Gasteiger partial charge in [0.05, 0.1) is 12.2 Å². The van der Waals surface area contributed by atoms with E-state index in [1.807, 2.05) is 25.1 Å². The molecule has 2 heterocycles. The molecule has 1 aromatic carbocycles. The Morgan fingerprint density at radius 3 is 2.74 bits per heavy atom. The third-order valence-corrected chi connectivity index (χ3v) is 5.86. The number of rotatable bonds is 6. The normalized spacial score (nSPS) is 17.5. The molecule has 1 saturated carbocycles. The zero-order chi connectivity index (χ0) is 18.6. The van der Waals surface area contributed by atoms with E-state index in [0.717, 1.165) is 42.4 Å². The second-order valence-corrected chi connectivity index (χ2v) is 7.57. The highest BCUT2D eigenvalue weighted by Gasteiger charge is 2.26. The van der Waals surface area contributed by atoms with Crippen molar-refractivity contribution >= 4 is 6.41 Å². The number of carbonyl (C=O) groups is 1. The Labute approximate surface area is 160 Å². The van der Waals surface area contributed by atoms with Crippen molar-refractivity contribution in [3.05, 3.63) is 52.7 Å². The molecule has 4 rings (SSSR count). The van der Waals surface area contributed by atoms with Gasteiger partial charge in [0.25, 0.3) is 0 Å². The van der Waals surface area contributed by atoms with Gasteiger partial charge in [-0.3, -0.25) is 9.69 Å². The minimum absolute atomic E-state index is 0.410. The molecular weight excluding hydrogens is 338 g/mol. The van der Waals surface area contributed by atoms with Crippen LogP contribution < -0.4 is 10.1 Å². The van der Waals surface area contributed by atoms with Gasteiger partial charge in [0.1, 0.15) is 5.75 Å². The predicted molar refractivity (Wildman–Crippen MR) is 105 cm³/mol. The number of aromatic nitrogens is 1. The second-order valence-electron chi connectivity index (χ2n) is 7.57. The van der Waals surface area contributed by atoms with Crippen LogP contribution in [0.15, 0.2) is 30.3 Å². The number of hydrogen-bond donors (Lipinski definition) is 1. The largest absolute Gasteiger partial charge is 0.439 e. The maximum absolute atomic E-state index is 10.5. The van der Waals surface area contributed by atoms with E-state index < -0.39 is 0 Å². The number of benzene rings is 1. The Morgan fingerprint density at radius 2 is 2.00 bits per heavy atom. The minimum Gasteiger partial charge on any atom is -0.439 e. The first-order chi connectivity index (χ1) is 13.2. The first-order valence-corrected chi connectivity index (χ1v) is 9.90. The van der Waals surface area contributed by atoms with Gasteiger partial charge in [-0.15, -0.1) is 0 Å². The molecule has 1 fully saturated rings. The lowest BCUT2D eigenvalue weighted by molar-refractivity contribution is -0.109. The maximum atomic E-state index is 10.5. The molecule has 1 N–H and O–H groups in total. The molecule has 0 bridgehead atoms. The number of nitrogens with zero attached hydrogens (tertiary/aromatic N) is 2. The van der Waals surface area contributed by atoms with Gasteiger partial charge >= 0.3 is 0 Å². The monoisotopic (exact) mass is 365 g/mol. The summed E-state index contributed by atoms with van der Waals surface area (Å²) in [6.45, 7) is 4.71. The molecule has 1 aliphatic carbocycles. The molecule has 1 aliphatic heterocycles. The number of carbonyl (C=O) groups excluding carboxylic acids is 1. The molecule has 5 nitrogen and oxygen atoms in total. The standard InChI is InChI=1S/C22H27N3O2/c1-16-5-8-22(24-21(16)14-23-15-26)27-20-7-6-17-9-11-25(19-3-2-4-19)12-10-18(17)13-20/h5-8,13,15,19H,2-4,9-12,14H2,1H3,(H,23,26). The smallest absolute Gasteiger partial charge is 0.219 e. The Bertz CT molecular complexity index is 817. The van der Waals surface area contributed by atoms with Gasteiger partial charge in [0.2, 0.25) is 12.3 Å². The number of nitrogens with one attached hydrogen (secondary N) is 1. The van der Waals surface area contributed by atoms with Crippen molar-refractivity contribution in [2.75, 3.05) is 13.1 Å². The molecule has 0 saturated heterocycles. The number of ether oxygens (including phenoxy) is 1. The number of fused-ring (bicyclic) bond motifs is 1. The Kier molecular flexibility index (Phi) is 5.39. The van der Waals surface area contributed by atoms with Crippen molar-refractivity contribution in [2.24, 2.45) is 0 Å². The Balaban J connectivity index is 1.46. The van der Waals surface area contributed by atoms with Gasteiger partial charge in [0.15, 0.2) is 0 Å². The van der Waals surface area contributed by atoms with Crippen molar-refractivity contribution in [1.29, 1.82) is 0 Å². The van der Waals surface area contributed by atoms with Crippen molar-refractivity contribution in [1.82, 2.24) is 15.2 Å². The summed E-state index contributed by atoms with van der Waals surface area (Å²) in [4.78, 5) is 17.7. The van der Waals surface area contributed by atoms with E-state index in [4.69, 9.17) is 4.74 Å². The summed E-state index contributed by atoms with van der Waals surface area (Å²) < 4.78 is 6.03. The number of aryl methyl sites for hydroxylation is 1. The van der Waals surface area contributed by atoms with E-state index in [1.54, 1.807) is 0 Å². The van der Waals surface area contributed by atoms with Gasteiger partial charge < -0.3 is 10.1 Å². The summed E-state index contributed by atoms with van der Waals surface area (Å²) in [5, 5.41) is 2.66. The number of amides is 1. The van der Waals surface area contributed by atoms with Crippen LogP contribution in [0.1, 0.15) is 41.6 Å². The SMILES string of the molecule is Cc1ccc(Oc2ccc3c(c2)CCN(C2CCC2)CC3)nc1CNC=O. The molecule has 142 valence electrons. The zero-order valence-electron chi connectivity index (χ0n) is 15.9. The van der Waals surface area contributed by atoms with E-state index in [1.165, 1.54) is 36.9 Å². The van der Waals surface area contributed by atoms with E-state index in [-0.39, 0.29) is 0 Å². The van der Waals surface area contributed by atoms with Crippen LogP contribution in [0.5, 0.6) is 11.6 Å². The van der Waals surface area contributed by atoms with Crippen LogP contribution in [-0.2, 0) is 24.2 Å². The molecule has 2 aromatic rings. The van der Waals surface area contributed by atoms with Gasteiger partial charge in [-0.1, -0.05) is 18.6 Å². The molecule has 0 atom stereocenters.